The molecule has 1 aromatic carbocycles. The number of nitrogens with one attached hydrogen (secondary N) is 1. The number of nitrogens with two attached hydrogens (primary N) is 2. The number of aromatic nitrogens is 4. The van der Waals surface area contributed by atoms with E-state index in [1.807, 2.05) is 53.2 Å². The van der Waals surface area contributed by atoms with Gasteiger partial charge in [-0.05, 0) is 54.7 Å². The molecule has 33 heavy (non-hydrogen) atoms. The van der Waals surface area contributed by atoms with Gasteiger partial charge in [0, 0.05) is 42.2 Å². The number of anilines is 2. The van der Waals surface area contributed by atoms with Crippen LogP contribution in [-0.4, -0.2) is 37.0 Å². The first-order valence-electron chi connectivity index (χ1n) is 10.9. The molecule has 0 bridgehead atoms. The largest absolute Gasteiger partial charge is 0.365 e. The molecule has 3 aromatic heterocycles. The highest BCUT2D eigenvalue weighted by Crippen LogP contribution is 2.27. The predicted octanol–water partition coefficient (Wildman–Crippen LogP) is 3.61. The van der Waals surface area contributed by atoms with Crippen molar-refractivity contribution in [2.45, 2.75) is 31.7 Å². The summed E-state index contributed by atoms with van der Waals surface area (Å²) in [5.41, 5.74) is 16.5. The molecule has 0 spiro atoms. The van der Waals surface area contributed by atoms with Gasteiger partial charge in [0.2, 0.25) is 0 Å². The van der Waals surface area contributed by atoms with E-state index in [9.17, 15) is 4.79 Å². The number of benzene rings is 1. The summed E-state index contributed by atoms with van der Waals surface area (Å²) in [6.07, 6.45) is 11.0. The Kier molecular flexibility index (Phi) is 5.54. The Balaban J connectivity index is 1.47. The molecule has 0 unspecified atom stereocenters. The highest BCUT2D eigenvalue weighted by atomic mass is 16.1. The SMILES string of the molecule is NC(=O)c1cnc(/N=C2\CCCC[C@@H]2N)nc1Nc1cccc(-c2ccc3nccn3c2)c1. The number of aliphatic imine (C=N–C) groups is 1. The summed E-state index contributed by atoms with van der Waals surface area (Å²) in [6.45, 7) is 0. The molecule has 166 valence electrons. The average Bonchev–Trinajstić information content (AvgIpc) is 3.29. The molecule has 0 saturated heterocycles. The Bertz CT molecular complexity index is 1360. The Morgan fingerprint density at radius 1 is 1.15 bits per heavy atom. The number of hydrogen-bond donors (Lipinski definition) is 3. The van der Waals surface area contributed by atoms with E-state index in [-0.39, 0.29) is 17.6 Å². The smallest absolute Gasteiger partial charge is 0.254 e. The van der Waals surface area contributed by atoms with Crippen LogP contribution in [0.3, 0.4) is 0 Å². The minimum atomic E-state index is -0.618. The number of carbonyl (C=O) groups is 1. The first kappa shape index (κ1) is 20.8. The van der Waals surface area contributed by atoms with Crippen LogP contribution in [0.25, 0.3) is 16.8 Å². The van der Waals surface area contributed by atoms with Gasteiger partial charge in [-0.1, -0.05) is 18.6 Å². The van der Waals surface area contributed by atoms with E-state index in [1.165, 1.54) is 6.20 Å². The quantitative estimate of drug-likeness (QED) is 0.434. The van der Waals surface area contributed by atoms with Crippen molar-refractivity contribution >= 4 is 34.7 Å². The van der Waals surface area contributed by atoms with Gasteiger partial charge in [-0.2, -0.15) is 4.98 Å². The van der Waals surface area contributed by atoms with E-state index >= 15 is 0 Å². The van der Waals surface area contributed by atoms with Gasteiger partial charge in [0.05, 0.1) is 0 Å². The van der Waals surface area contributed by atoms with Gasteiger partial charge in [0.25, 0.3) is 11.9 Å². The number of hydrogen-bond acceptors (Lipinski definition) is 7. The lowest BCUT2D eigenvalue weighted by Crippen LogP contribution is -2.33. The predicted molar refractivity (Wildman–Crippen MR) is 128 cm³/mol. The van der Waals surface area contributed by atoms with Crippen molar-refractivity contribution in [2.24, 2.45) is 16.5 Å². The second-order valence-electron chi connectivity index (χ2n) is 8.07. The van der Waals surface area contributed by atoms with Crippen LogP contribution in [0.1, 0.15) is 36.0 Å². The van der Waals surface area contributed by atoms with E-state index in [0.29, 0.717) is 5.82 Å². The molecule has 1 aliphatic rings. The van der Waals surface area contributed by atoms with Gasteiger partial charge in [-0.15, -0.1) is 0 Å². The van der Waals surface area contributed by atoms with Crippen molar-refractivity contribution in [3.63, 3.8) is 0 Å². The molecule has 1 saturated carbocycles. The Morgan fingerprint density at radius 2 is 2.06 bits per heavy atom. The number of rotatable bonds is 5. The van der Waals surface area contributed by atoms with Crippen LogP contribution in [0, 0.1) is 0 Å². The van der Waals surface area contributed by atoms with Crippen molar-refractivity contribution < 1.29 is 4.79 Å². The van der Waals surface area contributed by atoms with E-state index < -0.39 is 5.91 Å². The maximum Gasteiger partial charge on any atom is 0.254 e. The van der Waals surface area contributed by atoms with Crippen molar-refractivity contribution in [3.8, 4) is 11.1 Å². The molecule has 5 rings (SSSR count). The number of nitrogens with zero attached hydrogens (tertiary/aromatic N) is 5. The summed E-state index contributed by atoms with van der Waals surface area (Å²) >= 11 is 0. The molecule has 1 amide bonds. The van der Waals surface area contributed by atoms with Gasteiger partial charge >= 0.3 is 0 Å². The molecule has 1 fully saturated rings. The molecular weight excluding hydrogens is 416 g/mol. The van der Waals surface area contributed by atoms with Crippen LogP contribution >= 0.6 is 0 Å². The zero-order valence-electron chi connectivity index (χ0n) is 18.0. The van der Waals surface area contributed by atoms with E-state index in [2.05, 4.69) is 25.3 Å². The molecule has 1 atom stereocenters. The maximum absolute atomic E-state index is 12.0. The van der Waals surface area contributed by atoms with E-state index in [1.54, 1.807) is 6.20 Å². The molecule has 5 N–H and O–H groups in total. The molecule has 1 aliphatic carbocycles. The van der Waals surface area contributed by atoms with Crippen LogP contribution in [0.2, 0.25) is 0 Å². The highest BCUT2D eigenvalue weighted by Gasteiger charge is 2.18. The van der Waals surface area contributed by atoms with Crippen LogP contribution in [0.4, 0.5) is 17.5 Å². The molecule has 9 nitrogen and oxygen atoms in total. The van der Waals surface area contributed by atoms with Gasteiger partial charge < -0.3 is 21.2 Å². The average molecular weight is 441 g/mol. The van der Waals surface area contributed by atoms with Gasteiger partial charge in [0.1, 0.15) is 17.0 Å². The number of carbonyl (C=O) groups excluding carboxylic acids is 1. The maximum atomic E-state index is 12.0. The third-order valence-corrected chi connectivity index (χ3v) is 5.76. The number of primary amides is 1. The topological polar surface area (TPSA) is 137 Å². The highest BCUT2D eigenvalue weighted by molar-refractivity contribution is 5.98. The van der Waals surface area contributed by atoms with Crippen molar-refractivity contribution in [3.05, 3.63) is 66.7 Å². The first-order valence-corrected chi connectivity index (χ1v) is 10.9. The van der Waals surface area contributed by atoms with Crippen molar-refractivity contribution in [2.75, 3.05) is 5.32 Å². The summed E-state index contributed by atoms with van der Waals surface area (Å²) < 4.78 is 1.96. The number of fused-ring (bicyclic) bond motifs is 1. The van der Waals surface area contributed by atoms with E-state index in [4.69, 9.17) is 11.5 Å². The van der Waals surface area contributed by atoms with Gasteiger partial charge in [0.15, 0.2) is 0 Å². The zero-order valence-corrected chi connectivity index (χ0v) is 18.0. The van der Waals surface area contributed by atoms with Crippen LogP contribution in [-0.2, 0) is 0 Å². The summed E-state index contributed by atoms with van der Waals surface area (Å²) in [5.74, 6) is -0.0483. The standard InChI is InChI=1S/C24H24N8O/c25-19-6-1-2-7-20(19)30-24-28-13-18(22(26)33)23(31-24)29-17-5-3-4-15(12-17)16-8-9-21-27-10-11-32(21)14-16/h3-5,8-14,19H,1-2,6-7,25H2,(H2,26,33)(H,28,29,31)/b30-20+/t19-/m0/s1. The summed E-state index contributed by atoms with van der Waals surface area (Å²) in [5, 5.41) is 3.21. The first-order chi connectivity index (χ1) is 16.1. The third kappa shape index (κ3) is 4.44. The fourth-order valence-electron chi connectivity index (χ4n) is 4.00. The lowest BCUT2D eigenvalue weighted by atomic mass is 9.94. The number of imidazole rings is 1. The zero-order chi connectivity index (χ0) is 22.8. The lowest BCUT2D eigenvalue weighted by molar-refractivity contribution is 0.100. The van der Waals surface area contributed by atoms with Crippen LogP contribution < -0.4 is 16.8 Å². The lowest BCUT2D eigenvalue weighted by Gasteiger charge is -2.19. The van der Waals surface area contributed by atoms with Crippen LogP contribution in [0.5, 0.6) is 0 Å². The monoisotopic (exact) mass is 440 g/mol. The van der Waals surface area contributed by atoms with Crippen molar-refractivity contribution in [1.82, 2.24) is 19.4 Å². The Morgan fingerprint density at radius 3 is 2.91 bits per heavy atom. The second kappa shape index (κ2) is 8.79. The molecule has 3 heterocycles. The van der Waals surface area contributed by atoms with E-state index in [0.717, 1.165) is 53.9 Å². The summed E-state index contributed by atoms with van der Waals surface area (Å²) in [4.78, 5) is 29.5. The molecule has 0 aliphatic heterocycles. The van der Waals surface area contributed by atoms with Gasteiger partial charge in [-0.3, -0.25) is 4.79 Å². The fourth-order valence-corrected chi connectivity index (χ4v) is 4.00. The minimum absolute atomic E-state index is 0.0842. The number of pyridine rings is 1. The fraction of sp³-hybridized carbons (Fsp3) is 0.208. The number of amides is 1. The minimum Gasteiger partial charge on any atom is -0.365 e. The Hall–Kier alpha value is -4.11. The Labute approximate surface area is 190 Å². The normalized spacial score (nSPS) is 17.4. The van der Waals surface area contributed by atoms with Crippen LogP contribution in [0.15, 0.2) is 66.2 Å². The summed E-state index contributed by atoms with van der Waals surface area (Å²) in [6, 6.07) is 11.7. The third-order valence-electron chi connectivity index (χ3n) is 5.76. The molecule has 0 radical (unpaired) electrons. The van der Waals surface area contributed by atoms with Gasteiger partial charge in [-0.25, -0.2) is 15.0 Å². The summed E-state index contributed by atoms with van der Waals surface area (Å²) in [7, 11) is 0. The molecule has 4 aromatic rings. The molecule has 9 heteroatoms. The molecular formula is C24H24N8O. The second-order valence-corrected chi connectivity index (χ2v) is 8.07. The van der Waals surface area contributed by atoms with Crippen molar-refractivity contribution in [1.29, 1.82) is 0 Å².